The molecular formula is C15H17FN2O3S. The van der Waals surface area contributed by atoms with Gasteiger partial charge in [0.05, 0.1) is 16.7 Å². The number of rotatable bonds is 5. The molecular weight excluding hydrogens is 307 g/mol. The van der Waals surface area contributed by atoms with Crippen molar-refractivity contribution < 1.29 is 17.6 Å². The molecule has 0 heterocycles. The highest BCUT2D eigenvalue weighted by molar-refractivity contribution is 7.91. The van der Waals surface area contributed by atoms with Crippen molar-refractivity contribution in [2.75, 3.05) is 12.3 Å². The molecule has 0 unspecified atom stereocenters. The van der Waals surface area contributed by atoms with Gasteiger partial charge in [0.15, 0.2) is 9.84 Å². The number of hydrogen-bond donors (Lipinski definition) is 1. The van der Waals surface area contributed by atoms with Crippen molar-refractivity contribution in [3.63, 3.8) is 0 Å². The molecule has 1 aliphatic rings. The Morgan fingerprint density at radius 3 is 2.64 bits per heavy atom. The topological polar surface area (TPSA) is 87.0 Å². The van der Waals surface area contributed by atoms with Crippen LogP contribution in [0.1, 0.15) is 19.3 Å². The molecule has 2 atom stereocenters. The molecule has 1 fully saturated rings. The lowest BCUT2D eigenvalue weighted by molar-refractivity contribution is -0.125. The van der Waals surface area contributed by atoms with E-state index >= 15 is 0 Å². The number of nitrogens with one attached hydrogen (secondary N) is 1. The summed E-state index contributed by atoms with van der Waals surface area (Å²) >= 11 is 0. The van der Waals surface area contributed by atoms with Crippen LogP contribution in [-0.4, -0.2) is 26.6 Å². The third-order valence-electron chi connectivity index (χ3n) is 3.94. The second-order valence-corrected chi connectivity index (χ2v) is 7.44. The molecule has 1 aromatic rings. The molecule has 7 heteroatoms. The van der Waals surface area contributed by atoms with Crippen molar-refractivity contribution in [2.24, 2.45) is 11.8 Å². The Morgan fingerprint density at radius 1 is 1.32 bits per heavy atom. The van der Waals surface area contributed by atoms with Gasteiger partial charge in [-0.2, -0.15) is 5.26 Å². The molecule has 5 nitrogen and oxygen atoms in total. The first-order chi connectivity index (χ1) is 10.4. The van der Waals surface area contributed by atoms with Gasteiger partial charge in [-0.1, -0.05) is 6.42 Å². The van der Waals surface area contributed by atoms with Crippen LogP contribution in [0.4, 0.5) is 4.39 Å². The third-order valence-corrected chi connectivity index (χ3v) is 5.80. The number of benzene rings is 1. The first kappa shape index (κ1) is 16.4. The number of amides is 1. The Kier molecular flexibility index (Phi) is 5.14. The molecule has 1 aliphatic carbocycles. The zero-order valence-electron chi connectivity index (χ0n) is 12.0. The fourth-order valence-electron chi connectivity index (χ4n) is 2.86. The number of carbonyl (C=O) groups excluding carboxylic acids is 1. The minimum atomic E-state index is -3.56. The van der Waals surface area contributed by atoms with Crippen molar-refractivity contribution in [3.05, 3.63) is 30.1 Å². The number of sulfone groups is 1. The quantitative estimate of drug-likeness (QED) is 0.659. The monoisotopic (exact) mass is 324 g/mol. The van der Waals surface area contributed by atoms with Crippen LogP contribution in [0.5, 0.6) is 0 Å². The van der Waals surface area contributed by atoms with Crippen molar-refractivity contribution in [1.82, 2.24) is 5.32 Å². The van der Waals surface area contributed by atoms with E-state index in [1.54, 1.807) is 0 Å². The average Bonchev–Trinajstić information content (AvgIpc) is 2.92. The molecule has 22 heavy (non-hydrogen) atoms. The lowest BCUT2D eigenvalue weighted by Crippen LogP contribution is -2.35. The van der Waals surface area contributed by atoms with E-state index in [9.17, 15) is 17.6 Å². The maximum atomic E-state index is 12.9. The molecule has 2 rings (SSSR count). The van der Waals surface area contributed by atoms with Crippen LogP contribution < -0.4 is 5.32 Å². The lowest BCUT2D eigenvalue weighted by atomic mass is 9.97. The van der Waals surface area contributed by atoms with Gasteiger partial charge < -0.3 is 5.32 Å². The van der Waals surface area contributed by atoms with E-state index in [2.05, 4.69) is 5.32 Å². The molecule has 0 saturated heterocycles. The Morgan fingerprint density at radius 2 is 2.00 bits per heavy atom. The van der Waals surface area contributed by atoms with Gasteiger partial charge in [-0.15, -0.1) is 0 Å². The summed E-state index contributed by atoms with van der Waals surface area (Å²) in [5.74, 6) is -1.55. The second-order valence-electron chi connectivity index (χ2n) is 5.41. The molecule has 118 valence electrons. The van der Waals surface area contributed by atoms with Crippen LogP contribution in [0.3, 0.4) is 0 Å². The standard InChI is InChI=1S/C15H17FN2O3S/c16-12-4-6-13(7-5-12)22(20,21)10-11-2-1-3-14(11)15(19)18-9-8-17/h4-7,11,14H,1-3,9-10H2,(H,18,19)/t11-,14+/m0/s1. The van der Waals surface area contributed by atoms with Gasteiger partial charge in [0.25, 0.3) is 0 Å². The fourth-order valence-corrected chi connectivity index (χ4v) is 4.57. The first-order valence-electron chi connectivity index (χ1n) is 7.07. The summed E-state index contributed by atoms with van der Waals surface area (Å²) in [5, 5.41) is 11.0. The lowest BCUT2D eigenvalue weighted by Gasteiger charge is -2.18. The minimum absolute atomic E-state index is 0.0667. The van der Waals surface area contributed by atoms with Gasteiger partial charge in [-0.25, -0.2) is 12.8 Å². The third kappa shape index (κ3) is 3.83. The maximum absolute atomic E-state index is 12.9. The second kappa shape index (κ2) is 6.88. The highest BCUT2D eigenvalue weighted by atomic mass is 32.2. The first-order valence-corrected chi connectivity index (χ1v) is 8.72. The van der Waals surface area contributed by atoms with E-state index in [4.69, 9.17) is 5.26 Å². The van der Waals surface area contributed by atoms with E-state index in [1.807, 2.05) is 6.07 Å². The van der Waals surface area contributed by atoms with Crippen LogP contribution in [0.15, 0.2) is 29.2 Å². The highest BCUT2D eigenvalue weighted by Gasteiger charge is 2.36. The minimum Gasteiger partial charge on any atom is -0.343 e. The van der Waals surface area contributed by atoms with Gasteiger partial charge in [-0.05, 0) is 43.0 Å². The van der Waals surface area contributed by atoms with Gasteiger partial charge in [0.1, 0.15) is 12.4 Å². The van der Waals surface area contributed by atoms with Crippen LogP contribution >= 0.6 is 0 Å². The van der Waals surface area contributed by atoms with Crippen molar-refractivity contribution in [1.29, 1.82) is 5.26 Å². The Bertz CT molecular complexity index is 680. The molecule has 0 aliphatic heterocycles. The summed E-state index contributed by atoms with van der Waals surface area (Å²) in [4.78, 5) is 12.0. The number of nitriles is 1. The summed E-state index contributed by atoms with van der Waals surface area (Å²) in [6.07, 6.45) is 2.07. The number of nitrogens with zero attached hydrogens (tertiary/aromatic N) is 1. The SMILES string of the molecule is N#CCNC(=O)[C@@H]1CCC[C@H]1CS(=O)(=O)c1ccc(F)cc1. The Labute approximate surface area is 129 Å². The summed E-state index contributed by atoms with van der Waals surface area (Å²) < 4.78 is 37.6. The normalized spacial score (nSPS) is 21.3. The zero-order valence-corrected chi connectivity index (χ0v) is 12.8. The van der Waals surface area contributed by atoms with E-state index in [0.29, 0.717) is 12.8 Å². The Balaban J connectivity index is 2.09. The molecule has 0 aromatic heterocycles. The molecule has 0 bridgehead atoms. The average molecular weight is 324 g/mol. The molecule has 1 aromatic carbocycles. The largest absolute Gasteiger partial charge is 0.343 e. The van der Waals surface area contributed by atoms with Crippen LogP contribution in [0, 0.1) is 29.0 Å². The van der Waals surface area contributed by atoms with Crippen molar-refractivity contribution in [2.45, 2.75) is 24.2 Å². The van der Waals surface area contributed by atoms with Gasteiger partial charge in [0, 0.05) is 5.92 Å². The number of carbonyl (C=O) groups is 1. The predicted molar refractivity (Wildman–Crippen MR) is 77.9 cm³/mol. The molecule has 0 radical (unpaired) electrons. The fraction of sp³-hybridized carbons (Fsp3) is 0.467. The smallest absolute Gasteiger partial charge is 0.224 e. The van der Waals surface area contributed by atoms with E-state index in [1.165, 1.54) is 12.1 Å². The van der Waals surface area contributed by atoms with Gasteiger partial charge >= 0.3 is 0 Å². The Hall–Kier alpha value is -1.94. The maximum Gasteiger partial charge on any atom is 0.224 e. The molecule has 0 spiro atoms. The van der Waals surface area contributed by atoms with Gasteiger partial charge in [0.2, 0.25) is 5.91 Å². The summed E-state index contributed by atoms with van der Waals surface area (Å²) in [5.41, 5.74) is 0. The molecule has 1 amide bonds. The summed E-state index contributed by atoms with van der Waals surface area (Å²) in [7, 11) is -3.56. The van der Waals surface area contributed by atoms with Crippen molar-refractivity contribution >= 4 is 15.7 Å². The van der Waals surface area contributed by atoms with Crippen LogP contribution in [-0.2, 0) is 14.6 Å². The van der Waals surface area contributed by atoms with E-state index < -0.39 is 15.7 Å². The number of halogens is 1. The zero-order chi connectivity index (χ0) is 16.2. The van der Waals surface area contributed by atoms with Crippen LogP contribution in [0.2, 0.25) is 0 Å². The molecule has 1 saturated carbocycles. The number of hydrogen-bond acceptors (Lipinski definition) is 4. The van der Waals surface area contributed by atoms with E-state index in [0.717, 1.165) is 18.6 Å². The summed E-state index contributed by atoms with van der Waals surface area (Å²) in [6, 6.07) is 6.53. The van der Waals surface area contributed by atoms with Crippen molar-refractivity contribution in [3.8, 4) is 6.07 Å². The van der Waals surface area contributed by atoms with Gasteiger partial charge in [-0.3, -0.25) is 4.79 Å². The van der Waals surface area contributed by atoms with E-state index in [-0.39, 0.29) is 34.9 Å². The highest BCUT2D eigenvalue weighted by Crippen LogP contribution is 2.34. The van der Waals surface area contributed by atoms with Crippen LogP contribution in [0.25, 0.3) is 0 Å². The molecule has 1 N–H and O–H groups in total. The summed E-state index contributed by atoms with van der Waals surface area (Å²) in [6.45, 7) is -0.0766. The predicted octanol–water partition coefficient (Wildman–Crippen LogP) is 1.66.